The fourth-order valence-corrected chi connectivity index (χ4v) is 3.61. The molecule has 0 spiro atoms. The van der Waals surface area contributed by atoms with Crippen LogP contribution in [0.3, 0.4) is 0 Å². The standard InChI is InChI=1S/C17H6Cl12O5/c18-14(19,20)9-5-7(1-3-11(9)33-16(24,25)26)31-13(30)32-8-2-4-12(34-17(27,28)29)10(6-8)15(21,22)23/h1-6H. The van der Waals surface area contributed by atoms with E-state index in [1.54, 1.807) is 0 Å². The van der Waals surface area contributed by atoms with Gasteiger partial charge in [-0.15, -0.1) is 0 Å². The minimum Gasteiger partial charge on any atom is -0.445 e. The topological polar surface area (TPSA) is 54.0 Å². The van der Waals surface area contributed by atoms with E-state index in [1.165, 1.54) is 24.3 Å². The minimum absolute atomic E-state index is 0.0965. The van der Waals surface area contributed by atoms with Crippen LogP contribution in [0.25, 0.3) is 0 Å². The molecule has 0 N–H and O–H groups in total. The van der Waals surface area contributed by atoms with Gasteiger partial charge in [0.15, 0.2) is 0 Å². The van der Waals surface area contributed by atoms with Gasteiger partial charge >= 0.3 is 14.1 Å². The zero-order valence-electron chi connectivity index (χ0n) is 15.5. The van der Waals surface area contributed by atoms with Crippen molar-refractivity contribution in [1.29, 1.82) is 0 Å². The molecule has 2 aromatic rings. The highest BCUT2D eigenvalue weighted by atomic mass is 35.6. The Morgan fingerprint density at radius 3 is 1.15 bits per heavy atom. The lowest BCUT2D eigenvalue weighted by Crippen LogP contribution is -2.18. The highest BCUT2D eigenvalue weighted by molar-refractivity contribution is 6.68. The Morgan fingerprint density at radius 2 is 0.882 bits per heavy atom. The summed E-state index contributed by atoms with van der Waals surface area (Å²) in [5.41, 5.74) is -0.193. The molecular weight excluding hydrogens is 710 g/mol. The number of alkyl halides is 12. The number of halogens is 12. The molecule has 5 nitrogen and oxygen atoms in total. The summed E-state index contributed by atoms with van der Waals surface area (Å²) >= 11 is 69.2. The molecular formula is C17H6Cl12O5. The van der Waals surface area contributed by atoms with Crippen molar-refractivity contribution in [2.24, 2.45) is 0 Å². The first-order chi connectivity index (χ1) is 15.2. The van der Waals surface area contributed by atoms with Crippen LogP contribution in [0.1, 0.15) is 11.1 Å². The summed E-state index contributed by atoms with van der Waals surface area (Å²) < 4.78 is 12.0. The zero-order chi connectivity index (χ0) is 26.1. The van der Waals surface area contributed by atoms with Gasteiger partial charge in [-0.25, -0.2) is 4.79 Å². The molecule has 17 heteroatoms. The predicted octanol–water partition coefficient (Wildman–Crippen LogP) is 10.3. The highest BCUT2D eigenvalue weighted by Crippen LogP contribution is 2.47. The van der Waals surface area contributed by atoms with Gasteiger partial charge in [0.1, 0.15) is 23.0 Å². The molecule has 0 saturated heterocycles. The second-order valence-corrected chi connectivity index (χ2v) is 14.8. The summed E-state index contributed by atoms with van der Waals surface area (Å²) in [6.07, 6.45) is -1.21. The third kappa shape index (κ3) is 10.3. The Kier molecular flexibility index (Phi) is 10.6. The van der Waals surface area contributed by atoms with Crippen molar-refractivity contribution in [1.82, 2.24) is 0 Å². The number of carbonyl (C=O) groups is 1. The molecule has 0 aliphatic rings. The molecule has 0 heterocycles. The van der Waals surface area contributed by atoms with Gasteiger partial charge in [-0.2, -0.15) is 0 Å². The fraction of sp³-hybridized carbons (Fsp3) is 0.235. The molecule has 188 valence electrons. The Hall–Kier alpha value is 0.790. The van der Waals surface area contributed by atoms with Crippen LogP contribution in [0, 0.1) is 0 Å². The van der Waals surface area contributed by atoms with E-state index >= 15 is 0 Å². The Bertz CT molecular complexity index is 956. The molecule has 0 aliphatic heterocycles. The first kappa shape index (κ1) is 31.0. The lowest BCUT2D eigenvalue weighted by molar-refractivity contribution is 0.151. The zero-order valence-corrected chi connectivity index (χ0v) is 24.6. The lowest BCUT2D eigenvalue weighted by Gasteiger charge is -2.21. The lowest BCUT2D eigenvalue weighted by atomic mass is 10.2. The minimum atomic E-state index is -2.15. The SMILES string of the molecule is O=C(Oc1ccc(OC(Cl)(Cl)Cl)c(C(Cl)(Cl)Cl)c1)Oc1ccc(OC(Cl)(Cl)Cl)c(C(Cl)(Cl)Cl)c1. The van der Waals surface area contributed by atoms with Crippen LogP contribution in [-0.4, -0.2) is 14.1 Å². The van der Waals surface area contributed by atoms with E-state index < -0.39 is 21.7 Å². The van der Waals surface area contributed by atoms with Crippen molar-refractivity contribution in [2.45, 2.75) is 15.5 Å². The maximum atomic E-state index is 12.3. The second kappa shape index (κ2) is 11.7. The molecule has 0 aliphatic carbocycles. The summed E-state index contributed by atoms with van der Waals surface area (Å²) in [6.45, 7) is 0. The first-order valence-corrected chi connectivity index (χ1v) is 12.6. The predicted molar refractivity (Wildman–Crippen MR) is 140 cm³/mol. The monoisotopic (exact) mass is 710 g/mol. The smallest absolute Gasteiger partial charge is 0.445 e. The van der Waals surface area contributed by atoms with Crippen molar-refractivity contribution in [2.75, 3.05) is 0 Å². The molecule has 0 bridgehead atoms. The van der Waals surface area contributed by atoms with Gasteiger partial charge in [-0.3, -0.25) is 0 Å². The molecule has 2 aromatic carbocycles. The number of hydrogen-bond acceptors (Lipinski definition) is 5. The third-order valence-corrected chi connectivity index (χ3v) is 5.05. The van der Waals surface area contributed by atoms with Crippen molar-refractivity contribution >= 4 is 145 Å². The van der Waals surface area contributed by atoms with Crippen molar-refractivity contribution < 1.29 is 23.7 Å². The van der Waals surface area contributed by atoms with Crippen LogP contribution in [-0.2, 0) is 7.59 Å². The number of benzene rings is 2. The summed E-state index contributed by atoms with van der Waals surface area (Å²) in [5, 5.41) is 0. The summed E-state index contributed by atoms with van der Waals surface area (Å²) in [7, 11) is 0. The van der Waals surface area contributed by atoms with Gasteiger partial charge in [-0.1, -0.05) is 69.6 Å². The number of ether oxygens (including phenoxy) is 4. The van der Waals surface area contributed by atoms with E-state index in [2.05, 4.69) is 0 Å². The largest absolute Gasteiger partial charge is 0.519 e. The van der Waals surface area contributed by atoms with E-state index in [-0.39, 0.29) is 34.1 Å². The third-order valence-electron chi connectivity index (χ3n) is 3.37. The second-order valence-electron chi connectivity index (χ2n) is 5.86. The molecule has 0 radical (unpaired) electrons. The molecule has 34 heavy (non-hydrogen) atoms. The summed E-state index contributed by atoms with van der Waals surface area (Å²) in [4.78, 5) is 12.3. The van der Waals surface area contributed by atoms with E-state index in [9.17, 15) is 4.79 Å². The summed E-state index contributed by atoms with van der Waals surface area (Å²) in [5.74, 6) is -0.420. The first-order valence-electron chi connectivity index (χ1n) is 8.08. The highest BCUT2D eigenvalue weighted by Gasteiger charge is 2.33. The van der Waals surface area contributed by atoms with Crippen molar-refractivity contribution in [3.8, 4) is 23.0 Å². The average Bonchev–Trinajstić information content (AvgIpc) is 2.60. The quantitative estimate of drug-likeness (QED) is 0.179. The molecule has 0 unspecified atom stereocenters. The van der Waals surface area contributed by atoms with Crippen molar-refractivity contribution in [3.05, 3.63) is 47.5 Å². The molecule has 2 rings (SSSR count). The van der Waals surface area contributed by atoms with Gasteiger partial charge < -0.3 is 18.9 Å². The van der Waals surface area contributed by atoms with E-state index in [1.807, 2.05) is 0 Å². The van der Waals surface area contributed by atoms with E-state index in [4.69, 9.17) is 158 Å². The van der Waals surface area contributed by atoms with Crippen LogP contribution in [0.2, 0.25) is 0 Å². The Balaban J connectivity index is 2.27. The van der Waals surface area contributed by atoms with Crippen LogP contribution in [0.15, 0.2) is 36.4 Å². The Morgan fingerprint density at radius 1 is 0.559 bits per heavy atom. The number of rotatable bonds is 4. The normalized spacial score (nSPS) is 12.8. The van der Waals surface area contributed by atoms with Gasteiger partial charge in [0.05, 0.1) is 0 Å². The van der Waals surface area contributed by atoms with Gasteiger partial charge in [0.2, 0.25) is 7.59 Å². The van der Waals surface area contributed by atoms with Crippen LogP contribution >= 0.6 is 139 Å². The van der Waals surface area contributed by atoms with Gasteiger partial charge in [0, 0.05) is 11.1 Å². The fourth-order valence-electron chi connectivity index (χ4n) is 2.23. The van der Waals surface area contributed by atoms with Gasteiger partial charge in [0.25, 0.3) is 0 Å². The van der Waals surface area contributed by atoms with Gasteiger partial charge in [-0.05, 0) is 106 Å². The maximum absolute atomic E-state index is 12.3. The molecule has 0 aromatic heterocycles. The molecule has 0 amide bonds. The van der Waals surface area contributed by atoms with Crippen LogP contribution < -0.4 is 18.9 Å². The average molecular weight is 716 g/mol. The van der Waals surface area contributed by atoms with Crippen LogP contribution in [0.4, 0.5) is 4.79 Å². The maximum Gasteiger partial charge on any atom is 0.519 e. The summed E-state index contributed by atoms with van der Waals surface area (Å²) in [6, 6.07) is 7.32. The number of hydrogen-bond donors (Lipinski definition) is 0. The molecule has 0 fully saturated rings. The van der Waals surface area contributed by atoms with Crippen LogP contribution in [0.5, 0.6) is 23.0 Å². The van der Waals surface area contributed by atoms with E-state index in [0.717, 1.165) is 12.1 Å². The van der Waals surface area contributed by atoms with Crippen molar-refractivity contribution in [3.63, 3.8) is 0 Å². The Labute approximate surface area is 253 Å². The van der Waals surface area contributed by atoms with E-state index in [0.29, 0.717) is 0 Å². The number of carbonyl (C=O) groups excluding carboxylic acids is 1. The molecule has 0 atom stereocenters. The molecule has 0 saturated carbocycles.